The molecule has 0 aliphatic heterocycles. The predicted molar refractivity (Wildman–Crippen MR) is 84.8 cm³/mol. The molecule has 1 aromatic carbocycles. The Morgan fingerprint density at radius 2 is 1.67 bits per heavy atom. The van der Waals surface area contributed by atoms with Crippen LogP contribution >= 0.6 is 0 Å². The lowest BCUT2D eigenvalue weighted by Gasteiger charge is -2.18. The molecule has 24 heavy (non-hydrogen) atoms. The summed E-state index contributed by atoms with van der Waals surface area (Å²) in [6.45, 7) is -1.13. The van der Waals surface area contributed by atoms with Crippen LogP contribution in [0, 0.1) is 0 Å². The summed E-state index contributed by atoms with van der Waals surface area (Å²) < 4.78 is 0. The van der Waals surface area contributed by atoms with Gasteiger partial charge in [0.05, 0.1) is 13.1 Å². The van der Waals surface area contributed by atoms with Gasteiger partial charge in [-0.1, -0.05) is 30.3 Å². The van der Waals surface area contributed by atoms with Crippen LogP contribution in [0.25, 0.3) is 0 Å². The first-order valence-corrected chi connectivity index (χ1v) is 7.22. The molecule has 9 nitrogen and oxygen atoms in total. The summed E-state index contributed by atoms with van der Waals surface area (Å²) in [5, 5.41) is 15.6. The van der Waals surface area contributed by atoms with Gasteiger partial charge in [-0.2, -0.15) is 0 Å². The largest absolute Gasteiger partial charge is 0.480 e. The number of nitrogens with one attached hydrogen (secondary N) is 3. The molecule has 0 saturated heterocycles. The molecule has 3 amide bonds. The lowest BCUT2D eigenvalue weighted by Crippen LogP contribution is -2.51. The van der Waals surface area contributed by atoms with Crippen molar-refractivity contribution in [3.8, 4) is 0 Å². The van der Waals surface area contributed by atoms with E-state index in [0.29, 0.717) is 0 Å². The number of rotatable bonds is 9. The Bertz CT molecular complexity index is 591. The number of aliphatic carboxylic acids is 1. The number of carboxylic acids is 1. The van der Waals surface area contributed by atoms with Gasteiger partial charge in [-0.15, -0.1) is 0 Å². The fraction of sp³-hybridized carbons (Fsp3) is 0.333. The summed E-state index contributed by atoms with van der Waals surface area (Å²) in [4.78, 5) is 45.5. The summed E-state index contributed by atoms with van der Waals surface area (Å²) >= 11 is 0. The van der Waals surface area contributed by atoms with E-state index in [4.69, 9.17) is 10.8 Å². The molecule has 0 aromatic heterocycles. The van der Waals surface area contributed by atoms with Crippen LogP contribution in [-0.4, -0.2) is 54.5 Å². The van der Waals surface area contributed by atoms with Gasteiger partial charge in [-0.3, -0.25) is 19.2 Å². The van der Waals surface area contributed by atoms with Gasteiger partial charge in [-0.05, 0) is 5.56 Å². The summed E-state index contributed by atoms with van der Waals surface area (Å²) in [7, 11) is 0. The van der Waals surface area contributed by atoms with Gasteiger partial charge in [0.1, 0.15) is 12.6 Å². The van der Waals surface area contributed by atoms with E-state index in [1.165, 1.54) is 0 Å². The van der Waals surface area contributed by atoms with Gasteiger partial charge in [0, 0.05) is 6.42 Å². The molecule has 1 rings (SSSR count). The van der Waals surface area contributed by atoms with Crippen molar-refractivity contribution in [1.29, 1.82) is 0 Å². The van der Waals surface area contributed by atoms with Crippen LogP contribution < -0.4 is 21.7 Å². The third kappa shape index (κ3) is 7.36. The Labute approximate surface area is 138 Å². The highest BCUT2D eigenvalue weighted by Crippen LogP contribution is 2.03. The normalized spacial score (nSPS) is 11.2. The number of carboxylic acid groups (broad SMARTS) is 1. The highest BCUT2D eigenvalue weighted by atomic mass is 16.4. The van der Waals surface area contributed by atoms with Crippen LogP contribution in [-0.2, 0) is 25.6 Å². The van der Waals surface area contributed by atoms with Gasteiger partial charge >= 0.3 is 5.97 Å². The Kier molecular flexibility index (Phi) is 7.92. The van der Waals surface area contributed by atoms with Crippen molar-refractivity contribution in [3.05, 3.63) is 35.9 Å². The van der Waals surface area contributed by atoms with E-state index in [2.05, 4.69) is 16.0 Å². The van der Waals surface area contributed by atoms with Crippen molar-refractivity contribution < 1.29 is 24.3 Å². The highest BCUT2D eigenvalue weighted by molar-refractivity contribution is 5.91. The van der Waals surface area contributed by atoms with E-state index in [1.807, 2.05) is 6.07 Å². The zero-order valence-corrected chi connectivity index (χ0v) is 13.0. The van der Waals surface area contributed by atoms with Gasteiger partial charge in [0.15, 0.2) is 0 Å². The number of carbonyl (C=O) groups excluding carboxylic acids is 3. The molecule has 0 spiro atoms. The first kappa shape index (κ1) is 19.1. The Morgan fingerprint density at radius 3 is 2.25 bits per heavy atom. The van der Waals surface area contributed by atoms with Crippen molar-refractivity contribution in [1.82, 2.24) is 16.0 Å². The van der Waals surface area contributed by atoms with Gasteiger partial charge in [-0.25, -0.2) is 0 Å². The fourth-order valence-corrected chi connectivity index (χ4v) is 1.84. The standard InChI is InChI=1S/C15H20N4O5/c16-7-12(20)17-8-13(21)19-11(15(24)18-9-14(22)23)6-10-4-2-1-3-5-10/h1-5,11H,6-9,16H2,(H,17,20)(H,18,24)(H,19,21)(H,22,23)/t11-/m1/s1. The average Bonchev–Trinajstić information content (AvgIpc) is 2.57. The fourth-order valence-electron chi connectivity index (χ4n) is 1.84. The van der Waals surface area contributed by atoms with Crippen LogP contribution in [0.1, 0.15) is 5.56 Å². The number of hydrogen-bond acceptors (Lipinski definition) is 5. The minimum atomic E-state index is -1.19. The third-order valence-corrected chi connectivity index (χ3v) is 2.98. The molecule has 1 atom stereocenters. The molecule has 0 aliphatic rings. The van der Waals surface area contributed by atoms with E-state index < -0.39 is 36.3 Å². The van der Waals surface area contributed by atoms with Gasteiger partial charge in [0.2, 0.25) is 17.7 Å². The smallest absolute Gasteiger partial charge is 0.322 e. The molecule has 0 saturated carbocycles. The number of hydrogen-bond donors (Lipinski definition) is 5. The SMILES string of the molecule is NCC(=O)NCC(=O)N[C@H](Cc1ccccc1)C(=O)NCC(=O)O. The molecule has 130 valence electrons. The molecule has 0 heterocycles. The summed E-state index contributed by atoms with van der Waals surface area (Å²) in [6.07, 6.45) is 0.183. The van der Waals surface area contributed by atoms with Crippen LogP contribution in [0.3, 0.4) is 0 Å². The van der Waals surface area contributed by atoms with Crippen LogP contribution in [0.4, 0.5) is 0 Å². The van der Waals surface area contributed by atoms with E-state index in [-0.39, 0.29) is 19.5 Å². The van der Waals surface area contributed by atoms with Gasteiger partial charge < -0.3 is 26.8 Å². The number of carbonyl (C=O) groups is 4. The van der Waals surface area contributed by atoms with Crippen LogP contribution in [0.15, 0.2) is 30.3 Å². The average molecular weight is 336 g/mol. The van der Waals surface area contributed by atoms with E-state index >= 15 is 0 Å². The zero-order valence-electron chi connectivity index (χ0n) is 13.0. The van der Waals surface area contributed by atoms with E-state index in [9.17, 15) is 19.2 Å². The minimum absolute atomic E-state index is 0.183. The first-order chi connectivity index (χ1) is 11.4. The van der Waals surface area contributed by atoms with Gasteiger partial charge in [0.25, 0.3) is 0 Å². The molecule has 0 aliphatic carbocycles. The molecule has 1 aromatic rings. The van der Waals surface area contributed by atoms with Crippen LogP contribution in [0.5, 0.6) is 0 Å². The van der Waals surface area contributed by atoms with Crippen molar-refractivity contribution in [2.75, 3.05) is 19.6 Å². The molecule has 6 N–H and O–H groups in total. The summed E-state index contributed by atoms with van der Waals surface area (Å²) in [5.74, 6) is -2.90. The molecular formula is C15H20N4O5. The third-order valence-electron chi connectivity index (χ3n) is 2.98. The summed E-state index contributed by atoms with van der Waals surface area (Å²) in [5.41, 5.74) is 5.91. The Hall–Kier alpha value is -2.94. The van der Waals surface area contributed by atoms with Crippen molar-refractivity contribution in [2.45, 2.75) is 12.5 Å². The van der Waals surface area contributed by atoms with Crippen molar-refractivity contribution in [2.24, 2.45) is 5.73 Å². The number of benzene rings is 1. The lowest BCUT2D eigenvalue weighted by molar-refractivity contribution is -0.138. The second kappa shape index (κ2) is 9.95. The minimum Gasteiger partial charge on any atom is -0.480 e. The molecule has 0 fully saturated rings. The van der Waals surface area contributed by atoms with E-state index in [0.717, 1.165) is 5.56 Å². The Morgan fingerprint density at radius 1 is 1.00 bits per heavy atom. The molecule has 0 unspecified atom stereocenters. The maximum absolute atomic E-state index is 12.1. The number of nitrogens with two attached hydrogens (primary N) is 1. The lowest BCUT2D eigenvalue weighted by atomic mass is 10.1. The maximum Gasteiger partial charge on any atom is 0.322 e. The predicted octanol–water partition coefficient (Wildman–Crippen LogP) is -2.01. The van der Waals surface area contributed by atoms with Crippen molar-refractivity contribution in [3.63, 3.8) is 0 Å². The van der Waals surface area contributed by atoms with E-state index in [1.54, 1.807) is 24.3 Å². The quantitative estimate of drug-likeness (QED) is 0.351. The first-order valence-electron chi connectivity index (χ1n) is 7.22. The molecule has 0 radical (unpaired) electrons. The summed E-state index contributed by atoms with van der Waals surface area (Å²) in [6, 6.07) is 7.97. The molecular weight excluding hydrogens is 316 g/mol. The topological polar surface area (TPSA) is 151 Å². The number of amides is 3. The second-order valence-electron chi connectivity index (χ2n) is 4.90. The Balaban J connectivity index is 2.69. The molecule has 0 bridgehead atoms. The van der Waals surface area contributed by atoms with Crippen molar-refractivity contribution >= 4 is 23.7 Å². The highest BCUT2D eigenvalue weighted by Gasteiger charge is 2.21. The monoisotopic (exact) mass is 336 g/mol. The van der Waals surface area contributed by atoms with Crippen LogP contribution in [0.2, 0.25) is 0 Å². The molecule has 9 heteroatoms. The maximum atomic E-state index is 12.1. The zero-order chi connectivity index (χ0) is 17.9. The second-order valence-corrected chi connectivity index (χ2v) is 4.90.